The van der Waals surface area contributed by atoms with Gasteiger partial charge in [-0.25, -0.2) is 0 Å². The average Bonchev–Trinajstić information content (AvgIpc) is 2.74. The van der Waals surface area contributed by atoms with Gasteiger partial charge in [0.25, 0.3) is 11.6 Å². The Morgan fingerprint density at radius 1 is 1.17 bits per heavy atom. The Morgan fingerprint density at radius 2 is 1.88 bits per heavy atom. The summed E-state index contributed by atoms with van der Waals surface area (Å²) in [6, 6.07) is 8.93. The van der Waals surface area contributed by atoms with Gasteiger partial charge in [-0.2, -0.15) is 0 Å². The van der Waals surface area contributed by atoms with Gasteiger partial charge in [-0.05, 0) is 24.3 Å². The zero-order valence-corrected chi connectivity index (χ0v) is 13.8. The number of non-ortho nitro benzene ring substituents is 1. The Bertz CT molecular complexity index is 847. The SMILES string of the molecule is O=C(c1cc(Cl)cc(Cl)c1)N1CCN=Cc2cc([N+](=O)[O-])ccc21. The highest BCUT2D eigenvalue weighted by Crippen LogP contribution is 2.28. The largest absolute Gasteiger partial charge is 0.306 e. The molecular formula is C16H11Cl2N3O3. The van der Waals surface area contributed by atoms with Crippen molar-refractivity contribution in [3.8, 4) is 0 Å². The van der Waals surface area contributed by atoms with E-state index >= 15 is 0 Å². The number of halogens is 2. The molecule has 0 bridgehead atoms. The molecule has 0 aliphatic carbocycles. The minimum absolute atomic E-state index is 0.0553. The summed E-state index contributed by atoms with van der Waals surface area (Å²) in [5.41, 5.74) is 1.37. The van der Waals surface area contributed by atoms with Gasteiger partial charge in [0.15, 0.2) is 0 Å². The fourth-order valence-electron chi connectivity index (χ4n) is 2.49. The van der Waals surface area contributed by atoms with E-state index in [-0.39, 0.29) is 11.6 Å². The van der Waals surface area contributed by atoms with Gasteiger partial charge in [0.1, 0.15) is 0 Å². The Kier molecular flexibility index (Phi) is 4.51. The van der Waals surface area contributed by atoms with Crippen molar-refractivity contribution in [2.24, 2.45) is 4.99 Å². The number of carbonyl (C=O) groups is 1. The normalized spacial score (nSPS) is 13.3. The lowest BCUT2D eigenvalue weighted by molar-refractivity contribution is -0.384. The lowest BCUT2D eigenvalue weighted by Gasteiger charge is -2.22. The van der Waals surface area contributed by atoms with Crippen molar-refractivity contribution in [2.75, 3.05) is 18.0 Å². The van der Waals surface area contributed by atoms with Crippen LogP contribution in [0.3, 0.4) is 0 Å². The molecule has 2 aromatic carbocycles. The second-order valence-electron chi connectivity index (χ2n) is 5.15. The van der Waals surface area contributed by atoms with Gasteiger partial charge in [-0.3, -0.25) is 19.9 Å². The fraction of sp³-hybridized carbons (Fsp3) is 0.125. The summed E-state index contributed by atoms with van der Waals surface area (Å²) in [5.74, 6) is -0.292. The molecule has 24 heavy (non-hydrogen) atoms. The molecule has 0 spiro atoms. The van der Waals surface area contributed by atoms with Crippen molar-refractivity contribution in [1.82, 2.24) is 0 Å². The number of nitrogens with zero attached hydrogens (tertiary/aromatic N) is 3. The molecular weight excluding hydrogens is 353 g/mol. The lowest BCUT2D eigenvalue weighted by Crippen LogP contribution is -2.33. The number of nitro benzene ring substituents is 1. The van der Waals surface area contributed by atoms with E-state index in [1.54, 1.807) is 18.3 Å². The van der Waals surface area contributed by atoms with Crippen LogP contribution < -0.4 is 4.90 Å². The first-order valence-electron chi connectivity index (χ1n) is 7.02. The molecule has 8 heteroatoms. The molecule has 0 aromatic heterocycles. The molecule has 2 aromatic rings. The van der Waals surface area contributed by atoms with E-state index in [0.29, 0.717) is 39.9 Å². The Balaban J connectivity index is 2.04. The zero-order valence-electron chi connectivity index (χ0n) is 12.3. The predicted octanol–water partition coefficient (Wildman–Crippen LogP) is 3.98. The fourth-order valence-corrected chi connectivity index (χ4v) is 3.02. The third-order valence-electron chi connectivity index (χ3n) is 3.55. The summed E-state index contributed by atoms with van der Waals surface area (Å²) in [5, 5.41) is 11.7. The van der Waals surface area contributed by atoms with Crippen molar-refractivity contribution in [3.63, 3.8) is 0 Å². The third-order valence-corrected chi connectivity index (χ3v) is 3.99. The second-order valence-corrected chi connectivity index (χ2v) is 6.02. The molecule has 1 heterocycles. The van der Waals surface area contributed by atoms with Crippen LogP contribution in [0.5, 0.6) is 0 Å². The number of carbonyl (C=O) groups excluding carboxylic acids is 1. The molecule has 0 atom stereocenters. The molecule has 0 saturated heterocycles. The summed E-state index contributed by atoms with van der Waals surface area (Å²) < 4.78 is 0. The van der Waals surface area contributed by atoms with Crippen molar-refractivity contribution in [3.05, 3.63) is 67.7 Å². The maximum atomic E-state index is 12.9. The smallest absolute Gasteiger partial charge is 0.270 e. The molecule has 3 rings (SSSR count). The van der Waals surface area contributed by atoms with Gasteiger partial charge >= 0.3 is 0 Å². The molecule has 0 fully saturated rings. The van der Waals surface area contributed by atoms with Crippen LogP contribution in [0.25, 0.3) is 0 Å². The van der Waals surface area contributed by atoms with Crippen LogP contribution in [0.2, 0.25) is 10.0 Å². The number of anilines is 1. The molecule has 122 valence electrons. The molecule has 0 unspecified atom stereocenters. The molecule has 0 N–H and O–H groups in total. The molecule has 1 amide bonds. The number of amides is 1. The maximum absolute atomic E-state index is 12.9. The average molecular weight is 364 g/mol. The van der Waals surface area contributed by atoms with E-state index in [1.807, 2.05) is 0 Å². The number of benzodiazepines with no additional fused rings is 1. The van der Waals surface area contributed by atoms with Crippen LogP contribution in [0.1, 0.15) is 15.9 Å². The summed E-state index contributed by atoms with van der Waals surface area (Å²) >= 11 is 11.9. The highest BCUT2D eigenvalue weighted by atomic mass is 35.5. The molecule has 6 nitrogen and oxygen atoms in total. The second kappa shape index (κ2) is 6.59. The maximum Gasteiger partial charge on any atom is 0.270 e. The van der Waals surface area contributed by atoms with Gasteiger partial charge in [0.05, 0.1) is 17.2 Å². The van der Waals surface area contributed by atoms with Crippen LogP contribution >= 0.6 is 23.2 Å². The predicted molar refractivity (Wildman–Crippen MR) is 93.7 cm³/mol. The van der Waals surface area contributed by atoms with E-state index in [1.165, 1.54) is 29.2 Å². The van der Waals surface area contributed by atoms with Gasteiger partial charge in [-0.1, -0.05) is 23.2 Å². The van der Waals surface area contributed by atoms with Crippen molar-refractivity contribution in [2.45, 2.75) is 0 Å². The van der Waals surface area contributed by atoms with Crippen molar-refractivity contribution >= 4 is 46.7 Å². The monoisotopic (exact) mass is 363 g/mol. The van der Waals surface area contributed by atoms with Gasteiger partial charge in [-0.15, -0.1) is 0 Å². The number of nitro groups is 1. The minimum Gasteiger partial charge on any atom is -0.306 e. The summed E-state index contributed by atoms with van der Waals surface area (Å²) in [6.07, 6.45) is 1.54. The molecule has 1 aliphatic heterocycles. The van der Waals surface area contributed by atoms with Crippen LogP contribution in [0.4, 0.5) is 11.4 Å². The van der Waals surface area contributed by atoms with E-state index < -0.39 is 4.92 Å². The van der Waals surface area contributed by atoms with Gasteiger partial charge < -0.3 is 4.90 Å². The summed E-state index contributed by atoms with van der Waals surface area (Å²) in [4.78, 5) is 29.0. The number of hydrogen-bond acceptors (Lipinski definition) is 4. The van der Waals surface area contributed by atoms with Crippen LogP contribution in [-0.4, -0.2) is 30.1 Å². The van der Waals surface area contributed by atoms with E-state index in [4.69, 9.17) is 23.2 Å². The molecule has 0 radical (unpaired) electrons. The third kappa shape index (κ3) is 3.25. The number of benzene rings is 2. The number of aliphatic imine (C=N–C) groups is 1. The lowest BCUT2D eigenvalue weighted by atomic mass is 10.1. The van der Waals surface area contributed by atoms with E-state index in [9.17, 15) is 14.9 Å². The van der Waals surface area contributed by atoms with E-state index in [2.05, 4.69) is 4.99 Å². The minimum atomic E-state index is -0.484. The van der Waals surface area contributed by atoms with Gasteiger partial charge in [0, 0.05) is 46.1 Å². The number of rotatable bonds is 2. The van der Waals surface area contributed by atoms with Gasteiger partial charge in [0.2, 0.25) is 0 Å². The van der Waals surface area contributed by atoms with Crippen molar-refractivity contribution < 1.29 is 9.72 Å². The zero-order chi connectivity index (χ0) is 17.3. The standard InChI is InChI=1S/C16H11Cl2N3O3/c17-12-5-10(6-13(18)8-12)16(22)20-4-3-19-9-11-7-14(21(23)24)1-2-15(11)20/h1-2,5-9H,3-4H2. The molecule has 1 aliphatic rings. The van der Waals surface area contributed by atoms with Crippen molar-refractivity contribution in [1.29, 1.82) is 0 Å². The summed E-state index contributed by atoms with van der Waals surface area (Å²) in [7, 11) is 0. The molecule has 0 saturated carbocycles. The van der Waals surface area contributed by atoms with Crippen LogP contribution in [0.15, 0.2) is 41.4 Å². The Labute approximate surface area is 147 Å². The number of fused-ring (bicyclic) bond motifs is 1. The van der Waals surface area contributed by atoms with Crippen LogP contribution in [-0.2, 0) is 0 Å². The Morgan fingerprint density at radius 3 is 2.54 bits per heavy atom. The first-order chi connectivity index (χ1) is 11.5. The summed E-state index contributed by atoms with van der Waals surface area (Å²) in [6.45, 7) is 0.743. The first-order valence-corrected chi connectivity index (χ1v) is 7.77. The quantitative estimate of drug-likeness (QED) is 0.597. The van der Waals surface area contributed by atoms with Crippen LogP contribution in [0, 0.1) is 10.1 Å². The Hall–Kier alpha value is -2.44. The van der Waals surface area contributed by atoms with E-state index in [0.717, 1.165) is 0 Å². The first kappa shape index (κ1) is 16.4. The highest BCUT2D eigenvalue weighted by molar-refractivity contribution is 6.35. The topological polar surface area (TPSA) is 75.8 Å². The highest BCUT2D eigenvalue weighted by Gasteiger charge is 2.23. The number of hydrogen-bond donors (Lipinski definition) is 0.